The van der Waals surface area contributed by atoms with E-state index in [9.17, 15) is 43.2 Å². The average Bonchev–Trinajstić information content (AvgIpc) is 3.62. The van der Waals surface area contributed by atoms with Crippen LogP contribution >= 0.6 is 15.6 Å². The van der Waals surface area contributed by atoms with Crippen LogP contribution in [0.3, 0.4) is 0 Å². The van der Waals surface area contributed by atoms with Gasteiger partial charge in [-0.3, -0.25) is 37.3 Å². The minimum atomic E-state index is -4.95. The van der Waals surface area contributed by atoms with Crippen LogP contribution in [0.25, 0.3) is 0 Å². The van der Waals surface area contributed by atoms with Gasteiger partial charge in [0.15, 0.2) is 12.2 Å². The van der Waals surface area contributed by atoms with Crippen molar-refractivity contribution < 1.29 is 80.2 Å². The first-order chi connectivity index (χ1) is 43.9. The summed E-state index contributed by atoms with van der Waals surface area (Å²) < 4.78 is 68.1. The smallest absolute Gasteiger partial charge is 0.462 e. The predicted molar refractivity (Wildman–Crippen MR) is 368 cm³/mol. The molecule has 0 heterocycles. The molecule has 2 unspecified atom stereocenters. The van der Waals surface area contributed by atoms with Crippen LogP contribution in [-0.4, -0.2) is 96.7 Å². The van der Waals surface area contributed by atoms with Crippen molar-refractivity contribution in [3.05, 3.63) is 0 Å². The third kappa shape index (κ3) is 66.5. The summed E-state index contributed by atoms with van der Waals surface area (Å²) in [5.74, 6) is -0.670. The molecular formula is C72H140O17P2. The van der Waals surface area contributed by atoms with Gasteiger partial charge in [-0.25, -0.2) is 9.13 Å². The van der Waals surface area contributed by atoms with Crippen LogP contribution in [0.5, 0.6) is 0 Å². The van der Waals surface area contributed by atoms with Gasteiger partial charge >= 0.3 is 39.5 Å². The lowest BCUT2D eigenvalue weighted by Crippen LogP contribution is -2.30. The number of phosphoric acid groups is 2. The molecule has 91 heavy (non-hydrogen) atoms. The van der Waals surface area contributed by atoms with Crippen LogP contribution in [0.4, 0.5) is 0 Å². The Morgan fingerprint density at radius 2 is 0.505 bits per heavy atom. The van der Waals surface area contributed by atoms with Gasteiger partial charge in [0.2, 0.25) is 0 Å². The van der Waals surface area contributed by atoms with Gasteiger partial charge in [-0.15, -0.1) is 0 Å². The Bertz CT molecular complexity index is 1770. The summed E-state index contributed by atoms with van der Waals surface area (Å²) >= 11 is 0. The number of unbranched alkanes of at least 4 members (excludes halogenated alkanes) is 41. The summed E-state index contributed by atoms with van der Waals surface area (Å²) in [5.41, 5.74) is 0. The van der Waals surface area contributed by atoms with E-state index in [2.05, 4.69) is 41.5 Å². The van der Waals surface area contributed by atoms with E-state index in [1.165, 1.54) is 180 Å². The van der Waals surface area contributed by atoms with E-state index in [-0.39, 0.29) is 25.7 Å². The Hall–Kier alpha value is -1.94. The summed E-state index contributed by atoms with van der Waals surface area (Å²) in [4.78, 5) is 72.3. The van der Waals surface area contributed by atoms with Crippen LogP contribution in [0.1, 0.15) is 369 Å². The highest BCUT2D eigenvalue weighted by Crippen LogP contribution is 2.45. The molecule has 5 atom stereocenters. The monoisotopic (exact) mass is 1340 g/mol. The van der Waals surface area contributed by atoms with Crippen molar-refractivity contribution in [3.8, 4) is 0 Å². The number of hydrogen-bond donors (Lipinski definition) is 3. The number of aliphatic hydroxyl groups is 1. The Morgan fingerprint density at radius 1 is 0.297 bits per heavy atom. The molecular weight excluding hydrogens is 1200 g/mol. The van der Waals surface area contributed by atoms with Gasteiger partial charge in [0, 0.05) is 25.7 Å². The van der Waals surface area contributed by atoms with E-state index >= 15 is 0 Å². The first kappa shape index (κ1) is 89.1. The summed E-state index contributed by atoms with van der Waals surface area (Å²) in [6.45, 7) is 9.40. The van der Waals surface area contributed by atoms with E-state index in [0.717, 1.165) is 102 Å². The molecule has 0 fully saturated rings. The molecule has 0 aliphatic carbocycles. The van der Waals surface area contributed by atoms with Gasteiger partial charge < -0.3 is 33.8 Å². The maximum Gasteiger partial charge on any atom is 0.472 e. The molecule has 0 aromatic rings. The number of aliphatic hydroxyl groups excluding tert-OH is 1. The quantitative estimate of drug-likeness (QED) is 0.0222. The standard InChI is InChI=1S/C72H140O17P2/c1-7-9-11-13-14-15-16-17-18-19-20-21-22-23-24-25-26-29-33-38-44-50-56-71(76)89-68(61-83-70(75)55-49-43-37-32-30-27-28-31-35-41-46-52-64(3)4)63-87-91(80,81)85-59-66(73)58-84-90(78,79)86-62-67(60-82-69(74)54-48-40-12-10-8-2)88-72(77)57-51-45-39-34-36-42-47-53-65(5)6/h64-68,73H,7-63H2,1-6H3,(H,78,79)(H,80,81)/t66-,67+,68+/m0/s1. The Balaban J connectivity index is 5.10. The molecule has 17 nitrogen and oxygen atoms in total. The van der Waals surface area contributed by atoms with Gasteiger partial charge in [0.25, 0.3) is 0 Å². The van der Waals surface area contributed by atoms with Gasteiger partial charge in [-0.2, -0.15) is 0 Å². The van der Waals surface area contributed by atoms with E-state index in [4.69, 9.17) is 37.0 Å². The van der Waals surface area contributed by atoms with Crippen molar-refractivity contribution in [1.29, 1.82) is 0 Å². The molecule has 0 rings (SSSR count). The molecule has 0 saturated heterocycles. The molecule has 0 aliphatic rings. The van der Waals surface area contributed by atoms with Gasteiger partial charge in [0.1, 0.15) is 19.3 Å². The normalized spacial score (nSPS) is 14.1. The Labute approximate surface area is 556 Å². The summed E-state index contributed by atoms with van der Waals surface area (Å²) in [7, 11) is -9.89. The minimum absolute atomic E-state index is 0.103. The fraction of sp³-hybridized carbons (Fsp3) is 0.944. The molecule has 0 aromatic heterocycles. The molecule has 3 N–H and O–H groups in total. The van der Waals surface area contributed by atoms with E-state index < -0.39 is 97.5 Å². The molecule has 0 aliphatic heterocycles. The highest BCUT2D eigenvalue weighted by molar-refractivity contribution is 7.47. The fourth-order valence-corrected chi connectivity index (χ4v) is 12.5. The largest absolute Gasteiger partial charge is 0.472 e. The van der Waals surface area contributed by atoms with E-state index in [1.807, 2.05) is 0 Å². The van der Waals surface area contributed by atoms with Gasteiger partial charge in [0.05, 0.1) is 26.4 Å². The number of esters is 4. The fourth-order valence-electron chi connectivity index (χ4n) is 10.9. The van der Waals surface area contributed by atoms with Crippen molar-refractivity contribution in [2.24, 2.45) is 11.8 Å². The third-order valence-electron chi connectivity index (χ3n) is 16.7. The van der Waals surface area contributed by atoms with Crippen molar-refractivity contribution in [1.82, 2.24) is 0 Å². The zero-order chi connectivity index (χ0) is 67.2. The molecule has 19 heteroatoms. The zero-order valence-corrected chi connectivity index (χ0v) is 60.9. The van der Waals surface area contributed by atoms with Crippen LogP contribution in [0.2, 0.25) is 0 Å². The average molecular weight is 1340 g/mol. The van der Waals surface area contributed by atoms with Crippen molar-refractivity contribution in [3.63, 3.8) is 0 Å². The Kier molecular flexibility index (Phi) is 62.7. The summed E-state index contributed by atoms with van der Waals surface area (Å²) in [5, 5.41) is 10.6. The minimum Gasteiger partial charge on any atom is -0.462 e. The maximum atomic E-state index is 13.0. The molecule has 0 bridgehead atoms. The van der Waals surface area contributed by atoms with Crippen LogP contribution < -0.4 is 0 Å². The number of phosphoric ester groups is 2. The molecule has 0 spiro atoms. The highest BCUT2D eigenvalue weighted by Gasteiger charge is 2.30. The van der Waals surface area contributed by atoms with E-state index in [0.29, 0.717) is 31.6 Å². The van der Waals surface area contributed by atoms with Gasteiger partial charge in [-0.1, -0.05) is 318 Å². The molecule has 540 valence electrons. The number of carbonyl (C=O) groups is 4. The second kappa shape index (κ2) is 64.1. The molecule has 0 saturated carbocycles. The van der Waals surface area contributed by atoms with Crippen molar-refractivity contribution in [2.45, 2.75) is 387 Å². The van der Waals surface area contributed by atoms with E-state index in [1.54, 1.807) is 0 Å². The zero-order valence-electron chi connectivity index (χ0n) is 59.1. The number of ether oxygens (including phenoxy) is 4. The molecule has 0 aromatic carbocycles. The van der Waals surface area contributed by atoms with Gasteiger partial charge in [-0.05, 0) is 37.5 Å². The second-order valence-electron chi connectivity index (χ2n) is 26.9. The Morgan fingerprint density at radius 3 is 0.747 bits per heavy atom. The van der Waals surface area contributed by atoms with Crippen LogP contribution in [0, 0.1) is 11.8 Å². The van der Waals surface area contributed by atoms with Crippen molar-refractivity contribution in [2.75, 3.05) is 39.6 Å². The lowest BCUT2D eigenvalue weighted by Gasteiger charge is -2.21. The number of carbonyl (C=O) groups excluding carboxylic acids is 4. The highest BCUT2D eigenvalue weighted by atomic mass is 31.2. The third-order valence-corrected chi connectivity index (χ3v) is 18.6. The molecule has 0 amide bonds. The molecule has 0 radical (unpaired) electrons. The summed E-state index contributed by atoms with van der Waals surface area (Å²) in [6.07, 6.45) is 50.7. The topological polar surface area (TPSA) is 237 Å². The van der Waals surface area contributed by atoms with Crippen LogP contribution in [0.15, 0.2) is 0 Å². The number of hydrogen-bond acceptors (Lipinski definition) is 15. The first-order valence-corrected chi connectivity index (χ1v) is 40.5. The first-order valence-electron chi connectivity index (χ1n) is 37.5. The second-order valence-corrected chi connectivity index (χ2v) is 29.8. The van der Waals surface area contributed by atoms with Crippen molar-refractivity contribution >= 4 is 39.5 Å². The number of rotatable bonds is 71. The lowest BCUT2D eigenvalue weighted by atomic mass is 10.0. The predicted octanol–water partition coefficient (Wildman–Crippen LogP) is 20.8. The lowest BCUT2D eigenvalue weighted by molar-refractivity contribution is -0.161. The summed E-state index contributed by atoms with van der Waals surface area (Å²) in [6, 6.07) is 0. The SMILES string of the molecule is CCCCCCCCCCCCCCCCCCCCCCCCC(=O)O[C@H](COC(=O)CCCCCCCCCCCCCC(C)C)COP(=O)(O)OC[C@@H](O)COP(=O)(O)OC[C@@H](COC(=O)CCCCCCC)OC(=O)CCCCCCCCCC(C)C. The van der Waals surface area contributed by atoms with Crippen LogP contribution in [-0.2, 0) is 65.4 Å². The maximum absolute atomic E-state index is 13.0.